The van der Waals surface area contributed by atoms with Crippen LogP contribution in [0.25, 0.3) is 0 Å². The minimum Gasteiger partial charge on any atom is -0.200 e. The van der Waals surface area contributed by atoms with Crippen molar-refractivity contribution in [2.24, 2.45) is 17.3 Å². The molecule has 0 spiro atoms. The van der Waals surface area contributed by atoms with Gasteiger partial charge in [-0.25, -0.2) is 0 Å². The Bertz CT molecular complexity index is 251. The van der Waals surface area contributed by atoms with Crippen molar-refractivity contribution in [3.63, 3.8) is 0 Å². The third-order valence-corrected chi connectivity index (χ3v) is 4.67. The molecule has 3 heteroatoms. The largest absolute Gasteiger partial charge is 0.200 e. The monoisotopic (exact) mass is 184 g/mol. The Morgan fingerprint density at radius 2 is 1.92 bits per heavy atom. The summed E-state index contributed by atoms with van der Waals surface area (Å²) in [7, 11) is 0. The van der Waals surface area contributed by atoms with E-state index in [-0.39, 0.29) is 11.7 Å². The fourth-order valence-electron chi connectivity index (χ4n) is 3.49. The number of hydrogen-bond acceptors (Lipinski definition) is 3. The van der Waals surface area contributed by atoms with Gasteiger partial charge in [0, 0.05) is 0 Å². The molecule has 4 aliphatic rings. The van der Waals surface area contributed by atoms with Gasteiger partial charge < -0.3 is 0 Å². The van der Waals surface area contributed by atoms with Crippen molar-refractivity contribution in [2.75, 3.05) is 0 Å². The lowest BCUT2D eigenvalue weighted by Gasteiger charge is -2.62. The predicted octanol–water partition coefficient (Wildman–Crippen LogP) is 2.07. The summed E-state index contributed by atoms with van der Waals surface area (Å²) in [4.78, 5) is 10.4. The van der Waals surface area contributed by atoms with Crippen LogP contribution in [-0.4, -0.2) is 11.7 Å². The molecule has 3 nitrogen and oxygen atoms in total. The van der Waals surface area contributed by atoms with E-state index in [2.05, 4.69) is 25.8 Å². The van der Waals surface area contributed by atoms with E-state index < -0.39 is 0 Å². The first-order valence-electron chi connectivity index (χ1n) is 5.06. The second-order valence-corrected chi connectivity index (χ2v) is 5.46. The van der Waals surface area contributed by atoms with Gasteiger partial charge in [-0.3, -0.25) is 0 Å². The van der Waals surface area contributed by atoms with Gasteiger partial charge in [-0.05, 0) is 37.0 Å². The molecule has 0 radical (unpaired) electrons. The molecule has 74 valence electrons. The van der Waals surface area contributed by atoms with Crippen molar-refractivity contribution in [1.82, 2.24) is 0 Å². The fourth-order valence-corrected chi connectivity index (χ4v) is 3.49. The highest BCUT2D eigenvalue weighted by Gasteiger charge is 2.67. The zero-order valence-electron chi connectivity index (χ0n) is 8.37. The third-order valence-electron chi connectivity index (χ3n) is 4.67. The summed E-state index contributed by atoms with van der Waals surface area (Å²) in [5.41, 5.74) is 0.209. The summed E-state index contributed by atoms with van der Waals surface area (Å²) in [5, 5.41) is 4.68. The van der Waals surface area contributed by atoms with E-state index in [1.54, 1.807) is 0 Å². The van der Waals surface area contributed by atoms with E-state index >= 15 is 0 Å². The third kappa shape index (κ3) is 0.767. The fraction of sp³-hybridized carbons (Fsp3) is 1.00. The van der Waals surface area contributed by atoms with E-state index in [1.165, 1.54) is 6.42 Å². The normalized spacial score (nSPS) is 57.0. The van der Waals surface area contributed by atoms with Crippen LogP contribution in [0.1, 0.15) is 33.6 Å². The molecule has 4 fully saturated rings. The maximum absolute atomic E-state index is 5.31. The molecular weight excluding hydrogens is 168 g/mol. The van der Waals surface area contributed by atoms with Crippen LogP contribution in [-0.2, 0) is 14.8 Å². The molecule has 13 heavy (non-hydrogen) atoms. The Hall–Kier alpha value is -0.120. The molecule has 3 aliphatic carbocycles. The lowest BCUT2D eigenvalue weighted by Crippen LogP contribution is -2.65. The van der Waals surface area contributed by atoms with Crippen molar-refractivity contribution in [1.29, 1.82) is 0 Å². The molecule has 0 amide bonds. The quantitative estimate of drug-likeness (QED) is 0.539. The lowest BCUT2D eigenvalue weighted by atomic mass is 9.43. The summed E-state index contributed by atoms with van der Waals surface area (Å²) in [6, 6.07) is 0. The molecule has 4 rings (SSSR count). The van der Waals surface area contributed by atoms with Gasteiger partial charge in [-0.15, -0.1) is 0 Å². The van der Waals surface area contributed by atoms with E-state index in [4.69, 9.17) is 9.78 Å². The van der Waals surface area contributed by atoms with Gasteiger partial charge >= 0.3 is 0 Å². The summed E-state index contributed by atoms with van der Waals surface area (Å²) in [6.07, 6.45) is 2.51. The van der Waals surface area contributed by atoms with Crippen LogP contribution in [0.2, 0.25) is 0 Å². The second-order valence-electron chi connectivity index (χ2n) is 5.46. The first-order valence-corrected chi connectivity index (χ1v) is 5.06. The van der Waals surface area contributed by atoms with E-state index in [0.717, 1.165) is 12.3 Å². The van der Waals surface area contributed by atoms with E-state index in [1.807, 2.05) is 0 Å². The smallest absolute Gasteiger partial charge is 0.136 e. The molecule has 3 saturated carbocycles. The van der Waals surface area contributed by atoms with Crippen LogP contribution in [0, 0.1) is 17.3 Å². The molecule has 1 saturated heterocycles. The minimum absolute atomic E-state index is 0.157. The van der Waals surface area contributed by atoms with E-state index in [0.29, 0.717) is 11.3 Å². The lowest BCUT2D eigenvalue weighted by molar-refractivity contribution is -0.476. The van der Waals surface area contributed by atoms with Crippen molar-refractivity contribution in [2.45, 2.75) is 45.3 Å². The molecule has 1 heterocycles. The van der Waals surface area contributed by atoms with Gasteiger partial charge in [0.15, 0.2) is 0 Å². The highest BCUT2D eigenvalue weighted by atomic mass is 17.5. The molecule has 0 N–H and O–H groups in total. The van der Waals surface area contributed by atoms with Gasteiger partial charge in [0.05, 0.1) is 0 Å². The summed E-state index contributed by atoms with van der Waals surface area (Å²) < 4.78 is 0. The zero-order chi connectivity index (χ0) is 9.27. The summed E-state index contributed by atoms with van der Waals surface area (Å²) >= 11 is 0. The van der Waals surface area contributed by atoms with Crippen LogP contribution in [0.15, 0.2) is 0 Å². The molecule has 4 atom stereocenters. The van der Waals surface area contributed by atoms with Crippen molar-refractivity contribution in [3.8, 4) is 0 Å². The van der Waals surface area contributed by atoms with Crippen molar-refractivity contribution < 1.29 is 14.8 Å². The maximum Gasteiger partial charge on any atom is 0.136 e. The molecule has 0 aromatic rings. The summed E-state index contributed by atoms with van der Waals surface area (Å²) in [6.45, 7) is 6.77. The second kappa shape index (κ2) is 2.10. The van der Waals surface area contributed by atoms with Crippen LogP contribution in [0.5, 0.6) is 0 Å². The SMILES string of the molecule is CC1(C)C2CC3OOOC3(C)C1C2. The zero-order valence-corrected chi connectivity index (χ0v) is 8.37. The Balaban J connectivity index is 1.97. The van der Waals surface area contributed by atoms with Gasteiger partial charge in [0.1, 0.15) is 11.7 Å². The average Bonchev–Trinajstić information content (AvgIpc) is 2.44. The standard InChI is InChI=1S/C10H16O3/c1-9(2)6-4-7(9)10(3)8(5-6)11-13-12-10/h6-8H,4-5H2,1-3H3. The van der Waals surface area contributed by atoms with Gasteiger partial charge in [0.25, 0.3) is 0 Å². The average molecular weight is 184 g/mol. The highest BCUT2D eigenvalue weighted by Crippen LogP contribution is 2.65. The number of rotatable bonds is 0. The first kappa shape index (κ1) is 8.21. The molecular formula is C10H16O3. The van der Waals surface area contributed by atoms with Gasteiger partial charge in [-0.2, -0.15) is 9.78 Å². The Morgan fingerprint density at radius 3 is 2.62 bits per heavy atom. The Kier molecular flexibility index (Phi) is 1.33. The summed E-state index contributed by atoms with van der Waals surface area (Å²) in [5.74, 6) is 1.38. The van der Waals surface area contributed by atoms with Crippen LogP contribution >= 0.6 is 0 Å². The topological polar surface area (TPSA) is 27.7 Å². The first-order chi connectivity index (χ1) is 6.05. The minimum atomic E-state index is -0.196. The Labute approximate surface area is 78.2 Å². The van der Waals surface area contributed by atoms with Crippen LogP contribution in [0.4, 0.5) is 0 Å². The molecule has 1 aliphatic heterocycles. The van der Waals surface area contributed by atoms with Crippen LogP contribution < -0.4 is 0 Å². The molecule has 0 aromatic heterocycles. The molecule has 0 aromatic carbocycles. The molecule has 2 bridgehead atoms. The van der Waals surface area contributed by atoms with Gasteiger partial charge in [-0.1, -0.05) is 18.9 Å². The molecule has 4 unspecified atom stereocenters. The van der Waals surface area contributed by atoms with E-state index in [9.17, 15) is 0 Å². The predicted molar refractivity (Wildman–Crippen MR) is 45.4 cm³/mol. The Morgan fingerprint density at radius 1 is 1.15 bits per heavy atom. The maximum atomic E-state index is 5.31. The highest BCUT2D eigenvalue weighted by molar-refractivity contribution is 5.13. The van der Waals surface area contributed by atoms with Crippen LogP contribution in [0.3, 0.4) is 0 Å². The van der Waals surface area contributed by atoms with Gasteiger partial charge in [0.2, 0.25) is 0 Å². The van der Waals surface area contributed by atoms with Crippen molar-refractivity contribution in [3.05, 3.63) is 0 Å². The van der Waals surface area contributed by atoms with Crippen molar-refractivity contribution >= 4 is 0 Å². The number of hydrogen-bond donors (Lipinski definition) is 0.